The number of carbonyl (C=O) groups excluding carboxylic acids is 1. The molecule has 16 heavy (non-hydrogen) atoms. The first-order chi connectivity index (χ1) is 7.56. The van der Waals surface area contributed by atoms with Crippen molar-refractivity contribution < 1.29 is 4.79 Å². The maximum atomic E-state index is 11.9. The van der Waals surface area contributed by atoms with Crippen molar-refractivity contribution in [3.8, 4) is 0 Å². The van der Waals surface area contributed by atoms with E-state index in [0.717, 1.165) is 5.69 Å². The van der Waals surface area contributed by atoms with Crippen LogP contribution in [0.4, 0.5) is 5.69 Å². The SMILES string of the molecule is CC(CN)Nc1ccccc1C(=O)N(C)C. The molecule has 0 bridgehead atoms. The van der Waals surface area contributed by atoms with Crippen LogP contribution in [0.15, 0.2) is 24.3 Å². The number of hydrogen-bond acceptors (Lipinski definition) is 3. The Balaban J connectivity index is 2.96. The molecule has 88 valence electrons. The molecular weight excluding hydrogens is 202 g/mol. The largest absolute Gasteiger partial charge is 0.381 e. The lowest BCUT2D eigenvalue weighted by Gasteiger charge is -2.18. The van der Waals surface area contributed by atoms with Crippen LogP contribution in [-0.2, 0) is 0 Å². The molecule has 1 atom stereocenters. The Hall–Kier alpha value is -1.55. The molecule has 0 fully saturated rings. The topological polar surface area (TPSA) is 58.4 Å². The molecule has 0 saturated heterocycles. The van der Waals surface area contributed by atoms with E-state index in [-0.39, 0.29) is 11.9 Å². The third-order valence-corrected chi connectivity index (χ3v) is 2.32. The second kappa shape index (κ2) is 5.51. The van der Waals surface area contributed by atoms with Gasteiger partial charge in [-0.05, 0) is 19.1 Å². The van der Waals surface area contributed by atoms with Crippen molar-refractivity contribution in [2.24, 2.45) is 5.73 Å². The van der Waals surface area contributed by atoms with Gasteiger partial charge in [0.2, 0.25) is 0 Å². The Kier molecular flexibility index (Phi) is 4.31. The van der Waals surface area contributed by atoms with Gasteiger partial charge in [-0.3, -0.25) is 4.79 Å². The number of para-hydroxylation sites is 1. The van der Waals surface area contributed by atoms with E-state index in [2.05, 4.69) is 5.32 Å². The molecule has 1 aromatic rings. The minimum absolute atomic E-state index is 0.00711. The normalized spacial score (nSPS) is 12.0. The summed E-state index contributed by atoms with van der Waals surface area (Å²) in [4.78, 5) is 13.5. The molecule has 0 aliphatic heterocycles. The van der Waals surface area contributed by atoms with Gasteiger partial charge >= 0.3 is 0 Å². The van der Waals surface area contributed by atoms with Gasteiger partial charge in [0.1, 0.15) is 0 Å². The van der Waals surface area contributed by atoms with Crippen LogP contribution in [0.1, 0.15) is 17.3 Å². The van der Waals surface area contributed by atoms with Crippen molar-refractivity contribution in [3.63, 3.8) is 0 Å². The van der Waals surface area contributed by atoms with Crippen LogP contribution in [0.2, 0.25) is 0 Å². The molecule has 4 heteroatoms. The van der Waals surface area contributed by atoms with Crippen LogP contribution in [0.5, 0.6) is 0 Å². The first-order valence-electron chi connectivity index (χ1n) is 5.33. The highest BCUT2D eigenvalue weighted by atomic mass is 16.2. The fraction of sp³-hybridized carbons (Fsp3) is 0.417. The molecule has 0 saturated carbocycles. The lowest BCUT2D eigenvalue weighted by Crippen LogP contribution is -2.28. The van der Waals surface area contributed by atoms with Crippen molar-refractivity contribution in [1.29, 1.82) is 0 Å². The van der Waals surface area contributed by atoms with Gasteiger partial charge in [0, 0.05) is 32.4 Å². The molecule has 1 rings (SSSR count). The Bertz CT molecular complexity index is 363. The van der Waals surface area contributed by atoms with Gasteiger partial charge in [0.15, 0.2) is 0 Å². The maximum Gasteiger partial charge on any atom is 0.255 e. The molecule has 1 amide bonds. The van der Waals surface area contributed by atoms with Gasteiger partial charge in [-0.25, -0.2) is 0 Å². The minimum atomic E-state index is -0.00711. The van der Waals surface area contributed by atoms with Crippen molar-refractivity contribution >= 4 is 11.6 Å². The molecule has 0 aromatic heterocycles. The number of amides is 1. The van der Waals surface area contributed by atoms with Crippen molar-refractivity contribution in [1.82, 2.24) is 4.90 Å². The van der Waals surface area contributed by atoms with E-state index in [1.807, 2.05) is 31.2 Å². The summed E-state index contributed by atoms with van der Waals surface area (Å²) in [5.41, 5.74) is 7.05. The standard InChI is InChI=1S/C12H19N3O/c1-9(8-13)14-11-7-5-4-6-10(11)12(16)15(2)3/h4-7,9,14H,8,13H2,1-3H3. The van der Waals surface area contributed by atoms with Gasteiger partial charge in [-0.2, -0.15) is 0 Å². The van der Waals surface area contributed by atoms with Crippen molar-refractivity contribution in [3.05, 3.63) is 29.8 Å². The number of rotatable bonds is 4. The predicted molar refractivity (Wildman–Crippen MR) is 66.6 cm³/mol. The third-order valence-electron chi connectivity index (χ3n) is 2.32. The first kappa shape index (κ1) is 12.5. The molecular formula is C12H19N3O. The van der Waals surface area contributed by atoms with Crippen LogP contribution in [0.3, 0.4) is 0 Å². The summed E-state index contributed by atoms with van der Waals surface area (Å²) in [5.74, 6) is -0.00711. The molecule has 0 aliphatic carbocycles. The number of anilines is 1. The maximum absolute atomic E-state index is 11.9. The van der Waals surface area contributed by atoms with Crippen LogP contribution in [0, 0.1) is 0 Å². The Morgan fingerprint density at radius 3 is 2.62 bits per heavy atom. The molecule has 0 heterocycles. The van der Waals surface area contributed by atoms with E-state index in [9.17, 15) is 4.79 Å². The highest BCUT2D eigenvalue weighted by molar-refractivity contribution is 5.99. The molecule has 0 spiro atoms. The van der Waals surface area contributed by atoms with Crippen LogP contribution in [-0.4, -0.2) is 37.5 Å². The summed E-state index contributed by atoms with van der Waals surface area (Å²) >= 11 is 0. The number of carbonyl (C=O) groups is 1. The third kappa shape index (κ3) is 2.97. The Morgan fingerprint density at radius 2 is 2.06 bits per heavy atom. The summed E-state index contributed by atoms with van der Waals surface area (Å²) in [6, 6.07) is 7.61. The summed E-state index contributed by atoms with van der Waals surface area (Å²) in [7, 11) is 3.48. The molecule has 0 radical (unpaired) electrons. The highest BCUT2D eigenvalue weighted by Crippen LogP contribution is 2.17. The quantitative estimate of drug-likeness (QED) is 0.801. The molecule has 1 unspecified atom stereocenters. The van der Waals surface area contributed by atoms with Gasteiger partial charge in [0.25, 0.3) is 5.91 Å². The van der Waals surface area contributed by atoms with Gasteiger partial charge in [-0.15, -0.1) is 0 Å². The molecule has 4 nitrogen and oxygen atoms in total. The highest BCUT2D eigenvalue weighted by Gasteiger charge is 2.13. The lowest BCUT2D eigenvalue weighted by atomic mass is 10.1. The summed E-state index contributed by atoms with van der Waals surface area (Å²) in [6.45, 7) is 2.52. The zero-order valence-corrected chi connectivity index (χ0v) is 10.0. The monoisotopic (exact) mass is 221 g/mol. The average molecular weight is 221 g/mol. The first-order valence-corrected chi connectivity index (χ1v) is 5.33. The minimum Gasteiger partial charge on any atom is -0.381 e. The molecule has 1 aromatic carbocycles. The fourth-order valence-electron chi connectivity index (χ4n) is 1.36. The van der Waals surface area contributed by atoms with Crippen molar-refractivity contribution in [2.45, 2.75) is 13.0 Å². The van der Waals surface area contributed by atoms with E-state index in [4.69, 9.17) is 5.73 Å². The number of nitrogens with two attached hydrogens (primary N) is 1. The molecule has 0 aliphatic rings. The van der Waals surface area contributed by atoms with Crippen molar-refractivity contribution in [2.75, 3.05) is 26.0 Å². The van der Waals surface area contributed by atoms with Gasteiger partial charge in [0.05, 0.1) is 5.56 Å². The summed E-state index contributed by atoms with van der Waals surface area (Å²) in [6.07, 6.45) is 0. The summed E-state index contributed by atoms with van der Waals surface area (Å²) in [5, 5.41) is 3.22. The predicted octanol–water partition coefficient (Wildman–Crippen LogP) is 1.15. The van der Waals surface area contributed by atoms with Gasteiger partial charge < -0.3 is 16.0 Å². The van der Waals surface area contributed by atoms with Crippen LogP contribution >= 0.6 is 0 Å². The number of nitrogens with one attached hydrogen (secondary N) is 1. The fourth-order valence-corrected chi connectivity index (χ4v) is 1.36. The van der Waals surface area contributed by atoms with Crippen LogP contribution < -0.4 is 11.1 Å². The number of hydrogen-bond donors (Lipinski definition) is 2. The van der Waals surface area contributed by atoms with E-state index in [0.29, 0.717) is 12.1 Å². The Labute approximate surface area is 96.4 Å². The second-order valence-electron chi connectivity index (χ2n) is 4.03. The average Bonchev–Trinajstić information content (AvgIpc) is 2.28. The second-order valence-corrected chi connectivity index (χ2v) is 4.03. The van der Waals surface area contributed by atoms with E-state index < -0.39 is 0 Å². The van der Waals surface area contributed by atoms with E-state index in [1.165, 1.54) is 0 Å². The summed E-state index contributed by atoms with van der Waals surface area (Å²) < 4.78 is 0. The zero-order chi connectivity index (χ0) is 12.1. The zero-order valence-electron chi connectivity index (χ0n) is 10.0. The molecule has 3 N–H and O–H groups in total. The van der Waals surface area contributed by atoms with Gasteiger partial charge in [-0.1, -0.05) is 12.1 Å². The number of nitrogens with zero attached hydrogens (tertiary/aromatic N) is 1. The van der Waals surface area contributed by atoms with E-state index >= 15 is 0 Å². The number of benzene rings is 1. The lowest BCUT2D eigenvalue weighted by molar-refractivity contribution is 0.0828. The van der Waals surface area contributed by atoms with E-state index in [1.54, 1.807) is 19.0 Å². The Morgan fingerprint density at radius 1 is 1.44 bits per heavy atom. The smallest absolute Gasteiger partial charge is 0.255 e. The van der Waals surface area contributed by atoms with Crippen LogP contribution in [0.25, 0.3) is 0 Å².